The normalized spacial score (nSPS) is 16.6. The van der Waals surface area contributed by atoms with Crippen molar-refractivity contribution in [1.82, 2.24) is 14.7 Å². The number of likely N-dealkylation sites (N-methyl/N-ethyl adjacent to an activating group) is 1. The maximum atomic E-state index is 12.7. The van der Waals surface area contributed by atoms with E-state index in [1.807, 2.05) is 56.0 Å². The Bertz CT molecular complexity index is 640. The van der Waals surface area contributed by atoms with Gasteiger partial charge >= 0.3 is 6.09 Å². The number of carbonyl (C=O) groups excluding carboxylic acids is 1. The maximum Gasteiger partial charge on any atom is 0.408 e. The molecular weight excluding hydrogens is 374 g/mol. The molecule has 0 aromatic heterocycles. The Labute approximate surface area is 172 Å². The van der Waals surface area contributed by atoms with Crippen LogP contribution in [0.3, 0.4) is 0 Å². The van der Waals surface area contributed by atoms with E-state index in [9.17, 15) is 14.7 Å². The van der Waals surface area contributed by atoms with Crippen LogP contribution in [0, 0.1) is 0 Å². The van der Waals surface area contributed by atoms with Crippen LogP contribution < -0.4 is 0 Å². The lowest BCUT2D eigenvalue weighted by Gasteiger charge is -2.40. The number of rotatable bonds is 7. The number of hydrogen-bond acceptors (Lipinski definition) is 4. The molecule has 1 aliphatic rings. The fraction of sp³-hybridized carbons (Fsp3) is 0.619. The summed E-state index contributed by atoms with van der Waals surface area (Å²) >= 11 is 1.64. The zero-order valence-electron chi connectivity index (χ0n) is 17.4. The number of nitrogens with zero attached hydrogens (tertiary/aromatic N) is 3. The second-order valence-electron chi connectivity index (χ2n) is 8.32. The van der Waals surface area contributed by atoms with Gasteiger partial charge in [-0.1, -0.05) is 18.2 Å². The molecule has 1 aromatic rings. The van der Waals surface area contributed by atoms with E-state index < -0.39 is 11.6 Å². The zero-order valence-corrected chi connectivity index (χ0v) is 18.2. The van der Waals surface area contributed by atoms with Crippen LogP contribution >= 0.6 is 11.8 Å². The second-order valence-corrected chi connectivity index (χ2v) is 9.42. The van der Waals surface area contributed by atoms with Gasteiger partial charge in [0.05, 0.1) is 0 Å². The lowest BCUT2D eigenvalue weighted by molar-refractivity contribution is -0.133. The second kappa shape index (κ2) is 10.2. The Morgan fingerprint density at radius 1 is 1.14 bits per heavy atom. The predicted molar refractivity (Wildman–Crippen MR) is 114 cm³/mol. The number of thioether (sulfide) groups is 1. The zero-order chi connectivity index (χ0) is 20.7. The molecule has 0 saturated carbocycles. The standard InChI is InChI=1S/C21H33N3O3S/c1-21(2,3)24(20(26)27)17(16-28-18-8-6-5-7-9-18)10-11-19(25)23-14-12-22(4)13-15-23/h5-9,17H,10-16H2,1-4H3,(H,26,27)/t17-/m1/s1. The Hall–Kier alpha value is -1.73. The molecule has 156 valence electrons. The average molecular weight is 408 g/mol. The van der Waals surface area contributed by atoms with Gasteiger partial charge in [-0.25, -0.2) is 4.79 Å². The van der Waals surface area contributed by atoms with Gasteiger partial charge in [-0.05, 0) is 46.4 Å². The van der Waals surface area contributed by atoms with Crippen molar-refractivity contribution in [3.63, 3.8) is 0 Å². The molecule has 1 aliphatic heterocycles. The van der Waals surface area contributed by atoms with Crippen LogP contribution in [0.15, 0.2) is 35.2 Å². The van der Waals surface area contributed by atoms with Gasteiger partial charge in [0.15, 0.2) is 0 Å². The van der Waals surface area contributed by atoms with Gasteiger partial charge in [-0.2, -0.15) is 0 Å². The molecule has 0 aliphatic carbocycles. The van der Waals surface area contributed by atoms with E-state index in [0.29, 0.717) is 18.6 Å². The number of benzene rings is 1. The average Bonchev–Trinajstić information content (AvgIpc) is 2.63. The topological polar surface area (TPSA) is 64.1 Å². The molecule has 1 N–H and O–H groups in total. The minimum atomic E-state index is -0.932. The van der Waals surface area contributed by atoms with Gasteiger partial charge in [0, 0.05) is 54.8 Å². The fourth-order valence-corrected chi connectivity index (χ4v) is 4.54. The third kappa shape index (κ3) is 6.71. The molecule has 0 radical (unpaired) electrons. The molecule has 2 rings (SSSR count). The summed E-state index contributed by atoms with van der Waals surface area (Å²) in [6.07, 6.45) is -0.0174. The van der Waals surface area contributed by atoms with Crippen molar-refractivity contribution in [3.05, 3.63) is 30.3 Å². The monoisotopic (exact) mass is 407 g/mol. The number of piperazine rings is 1. The van der Waals surface area contributed by atoms with E-state index >= 15 is 0 Å². The molecule has 28 heavy (non-hydrogen) atoms. The summed E-state index contributed by atoms with van der Waals surface area (Å²) in [6.45, 7) is 9.00. The van der Waals surface area contributed by atoms with E-state index in [0.717, 1.165) is 31.1 Å². The smallest absolute Gasteiger partial charge is 0.408 e. The Balaban J connectivity index is 2.04. The Kier molecular flexibility index (Phi) is 8.19. The first kappa shape index (κ1) is 22.6. The number of hydrogen-bond donors (Lipinski definition) is 1. The van der Waals surface area contributed by atoms with Crippen molar-refractivity contribution in [3.8, 4) is 0 Å². The number of carboxylic acid groups (broad SMARTS) is 1. The van der Waals surface area contributed by atoms with Gasteiger partial charge in [0.1, 0.15) is 0 Å². The highest BCUT2D eigenvalue weighted by Gasteiger charge is 2.34. The lowest BCUT2D eigenvalue weighted by atomic mass is 10.0. The highest BCUT2D eigenvalue weighted by molar-refractivity contribution is 7.99. The third-order valence-corrected chi connectivity index (χ3v) is 6.18. The first-order valence-electron chi connectivity index (χ1n) is 9.85. The molecule has 1 saturated heterocycles. The molecule has 1 fully saturated rings. The van der Waals surface area contributed by atoms with Crippen LogP contribution in [-0.2, 0) is 4.79 Å². The number of amides is 2. The summed E-state index contributed by atoms with van der Waals surface area (Å²) in [7, 11) is 2.06. The van der Waals surface area contributed by atoms with Crippen LogP contribution in [0.1, 0.15) is 33.6 Å². The summed E-state index contributed by atoms with van der Waals surface area (Å²) in [5.74, 6) is 0.755. The molecule has 7 heteroatoms. The summed E-state index contributed by atoms with van der Waals surface area (Å²) in [4.78, 5) is 31.4. The largest absolute Gasteiger partial charge is 0.465 e. The van der Waals surface area contributed by atoms with E-state index in [1.54, 1.807) is 11.8 Å². The van der Waals surface area contributed by atoms with E-state index in [2.05, 4.69) is 11.9 Å². The minimum absolute atomic E-state index is 0.127. The van der Waals surface area contributed by atoms with Crippen LogP contribution in [0.4, 0.5) is 4.79 Å². The lowest BCUT2D eigenvalue weighted by Crippen LogP contribution is -2.52. The SMILES string of the molecule is CN1CCN(C(=O)CC[C@H](CSc2ccccc2)N(C(=O)O)C(C)(C)C)CC1. The summed E-state index contributed by atoms with van der Waals surface area (Å²) in [5, 5.41) is 9.84. The van der Waals surface area contributed by atoms with Crippen molar-refractivity contribution < 1.29 is 14.7 Å². The third-order valence-electron chi connectivity index (χ3n) is 5.03. The van der Waals surface area contributed by atoms with Crippen LogP contribution in [0.5, 0.6) is 0 Å². The number of carbonyl (C=O) groups is 2. The van der Waals surface area contributed by atoms with Gasteiger partial charge in [0.25, 0.3) is 0 Å². The van der Waals surface area contributed by atoms with Gasteiger partial charge in [-0.15, -0.1) is 11.8 Å². The van der Waals surface area contributed by atoms with Crippen molar-refractivity contribution in [2.45, 2.75) is 50.1 Å². The van der Waals surface area contributed by atoms with Crippen LogP contribution in [-0.4, -0.2) is 82.4 Å². The van der Waals surface area contributed by atoms with Gasteiger partial charge in [-0.3, -0.25) is 9.69 Å². The molecule has 1 aromatic carbocycles. The fourth-order valence-electron chi connectivity index (χ4n) is 3.49. The molecule has 1 heterocycles. The molecule has 0 spiro atoms. The van der Waals surface area contributed by atoms with Crippen molar-refractivity contribution in [1.29, 1.82) is 0 Å². The van der Waals surface area contributed by atoms with Crippen LogP contribution in [0.2, 0.25) is 0 Å². The van der Waals surface area contributed by atoms with Crippen molar-refractivity contribution in [2.75, 3.05) is 39.0 Å². The Morgan fingerprint density at radius 2 is 1.75 bits per heavy atom. The predicted octanol–water partition coefficient (Wildman–Crippen LogP) is 3.48. The Morgan fingerprint density at radius 3 is 2.29 bits per heavy atom. The summed E-state index contributed by atoms with van der Waals surface area (Å²) in [6, 6.07) is 9.76. The highest BCUT2D eigenvalue weighted by atomic mass is 32.2. The van der Waals surface area contributed by atoms with E-state index in [-0.39, 0.29) is 11.9 Å². The van der Waals surface area contributed by atoms with Gasteiger partial charge < -0.3 is 14.9 Å². The minimum Gasteiger partial charge on any atom is -0.465 e. The van der Waals surface area contributed by atoms with E-state index in [4.69, 9.17) is 0 Å². The molecule has 1 atom stereocenters. The maximum absolute atomic E-state index is 12.7. The summed E-state index contributed by atoms with van der Waals surface area (Å²) in [5.41, 5.74) is -0.523. The van der Waals surface area contributed by atoms with Gasteiger partial charge in [0.2, 0.25) is 5.91 Å². The quantitative estimate of drug-likeness (QED) is 0.701. The van der Waals surface area contributed by atoms with E-state index in [1.165, 1.54) is 4.90 Å². The molecule has 0 bridgehead atoms. The first-order chi connectivity index (χ1) is 13.2. The summed E-state index contributed by atoms with van der Waals surface area (Å²) < 4.78 is 0. The molecule has 0 unspecified atom stereocenters. The first-order valence-corrected chi connectivity index (χ1v) is 10.8. The molecule has 2 amide bonds. The molecule has 6 nitrogen and oxygen atoms in total. The highest BCUT2D eigenvalue weighted by Crippen LogP contribution is 2.27. The van der Waals surface area contributed by atoms with Crippen molar-refractivity contribution >= 4 is 23.8 Å². The van der Waals surface area contributed by atoms with Crippen LogP contribution in [0.25, 0.3) is 0 Å². The molecular formula is C21H33N3O3S. The van der Waals surface area contributed by atoms with Crippen molar-refractivity contribution in [2.24, 2.45) is 0 Å².